The van der Waals surface area contributed by atoms with Gasteiger partial charge in [0.15, 0.2) is 0 Å². The fourth-order valence-corrected chi connectivity index (χ4v) is 6.27. The zero-order valence-corrected chi connectivity index (χ0v) is 22.7. The molecule has 0 radical (unpaired) electrons. The van der Waals surface area contributed by atoms with E-state index in [4.69, 9.17) is 0 Å². The molecule has 0 aromatic heterocycles. The number of anilines is 2. The van der Waals surface area contributed by atoms with E-state index in [0.29, 0.717) is 39.2 Å². The Kier molecular flexibility index (Phi) is 6.10. The SMILES string of the molecule is O=C1N(c2ccccc2)c2ccccc2C1(c1cccc(-c2ccccc2)c1O)c1cccc(-c2ccccc2)c1O. The number of amides is 1. The number of rotatable bonds is 5. The lowest BCUT2D eigenvalue weighted by molar-refractivity contribution is -0.120. The lowest BCUT2D eigenvalue weighted by Crippen LogP contribution is -2.40. The second kappa shape index (κ2) is 10.1. The average molecular weight is 546 g/mol. The monoisotopic (exact) mass is 545 g/mol. The van der Waals surface area contributed by atoms with Crippen molar-refractivity contribution in [2.45, 2.75) is 5.41 Å². The van der Waals surface area contributed by atoms with Crippen molar-refractivity contribution in [1.29, 1.82) is 0 Å². The molecule has 4 heteroatoms. The van der Waals surface area contributed by atoms with Gasteiger partial charge in [0.1, 0.15) is 16.9 Å². The summed E-state index contributed by atoms with van der Waals surface area (Å²) >= 11 is 0. The molecule has 202 valence electrons. The van der Waals surface area contributed by atoms with E-state index in [1.165, 1.54) is 0 Å². The zero-order valence-electron chi connectivity index (χ0n) is 22.7. The number of carbonyl (C=O) groups is 1. The first kappa shape index (κ1) is 25.4. The number of hydrogen-bond acceptors (Lipinski definition) is 3. The van der Waals surface area contributed by atoms with Crippen molar-refractivity contribution in [2.75, 3.05) is 4.90 Å². The van der Waals surface area contributed by atoms with Gasteiger partial charge in [0.05, 0.1) is 5.69 Å². The van der Waals surface area contributed by atoms with Gasteiger partial charge in [-0.05, 0) is 29.3 Å². The van der Waals surface area contributed by atoms with Crippen molar-refractivity contribution >= 4 is 17.3 Å². The van der Waals surface area contributed by atoms with Crippen molar-refractivity contribution in [3.63, 3.8) is 0 Å². The highest BCUT2D eigenvalue weighted by molar-refractivity contribution is 6.18. The van der Waals surface area contributed by atoms with Gasteiger partial charge in [-0.25, -0.2) is 0 Å². The van der Waals surface area contributed by atoms with Crippen LogP contribution in [0.1, 0.15) is 16.7 Å². The molecule has 0 bridgehead atoms. The minimum absolute atomic E-state index is 0.00808. The molecular weight excluding hydrogens is 518 g/mol. The summed E-state index contributed by atoms with van der Waals surface area (Å²) in [5.74, 6) is -0.298. The van der Waals surface area contributed by atoms with Crippen LogP contribution in [0.4, 0.5) is 11.4 Å². The van der Waals surface area contributed by atoms with Gasteiger partial charge in [-0.2, -0.15) is 0 Å². The van der Waals surface area contributed by atoms with E-state index in [1.807, 2.05) is 140 Å². The number of carbonyl (C=O) groups excluding carboxylic acids is 1. The smallest absolute Gasteiger partial charge is 0.251 e. The second-order valence-electron chi connectivity index (χ2n) is 10.4. The molecule has 0 spiro atoms. The Morgan fingerprint density at radius 3 is 1.40 bits per heavy atom. The molecular formula is C38H27NO3. The van der Waals surface area contributed by atoms with E-state index in [2.05, 4.69) is 0 Å². The van der Waals surface area contributed by atoms with Crippen LogP contribution in [-0.2, 0) is 10.2 Å². The zero-order chi connectivity index (χ0) is 28.7. The second-order valence-corrected chi connectivity index (χ2v) is 10.4. The maximum Gasteiger partial charge on any atom is 0.251 e. The molecule has 0 saturated carbocycles. The Labute approximate surface area is 244 Å². The van der Waals surface area contributed by atoms with Crippen LogP contribution < -0.4 is 4.90 Å². The highest BCUT2D eigenvalue weighted by Gasteiger charge is 2.56. The highest BCUT2D eigenvalue weighted by atomic mass is 16.3. The summed E-state index contributed by atoms with van der Waals surface area (Å²) in [6, 6.07) is 47.3. The van der Waals surface area contributed by atoms with Crippen LogP contribution in [0, 0.1) is 0 Å². The number of aromatic hydroxyl groups is 2. The fraction of sp³-hybridized carbons (Fsp3) is 0.0263. The molecule has 0 unspecified atom stereocenters. The van der Waals surface area contributed by atoms with Crippen LogP contribution in [0.5, 0.6) is 11.5 Å². The van der Waals surface area contributed by atoms with E-state index >= 15 is 4.79 Å². The van der Waals surface area contributed by atoms with Gasteiger partial charge in [-0.15, -0.1) is 0 Å². The van der Waals surface area contributed by atoms with Crippen molar-refractivity contribution in [1.82, 2.24) is 0 Å². The molecule has 1 heterocycles. The summed E-state index contributed by atoms with van der Waals surface area (Å²) in [7, 11) is 0. The van der Waals surface area contributed by atoms with Gasteiger partial charge in [0.2, 0.25) is 0 Å². The molecule has 0 aliphatic carbocycles. The summed E-state index contributed by atoms with van der Waals surface area (Å²) in [5, 5.41) is 24.1. The Hall–Kier alpha value is -5.61. The molecule has 0 saturated heterocycles. The number of hydrogen-bond donors (Lipinski definition) is 2. The number of benzene rings is 6. The lowest BCUT2D eigenvalue weighted by atomic mass is 9.68. The average Bonchev–Trinajstić information content (AvgIpc) is 3.31. The molecule has 0 atom stereocenters. The van der Waals surface area contributed by atoms with Gasteiger partial charge < -0.3 is 10.2 Å². The van der Waals surface area contributed by atoms with Gasteiger partial charge in [-0.3, -0.25) is 9.69 Å². The number of phenolic OH excluding ortho intramolecular Hbond substituents is 2. The summed E-state index contributed by atoms with van der Waals surface area (Å²) in [4.78, 5) is 16.9. The summed E-state index contributed by atoms with van der Waals surface area (Å²) in [6.07, 6.45) is 0. The van der Waals surface area contributed by atoms with Gasteiger partial charge in [0.25, 0.3) is 5.91 Å². The predicted octanol–water partition coefficient (Wildman–Crippen LogP) is 8.44. The number of phenols is 2. The first-order valence-electron chi connectivity index (χ1n) is 13.9. The van der Waals surface area contributed by atoms with E-state index in [1.54, 1.807) is 17.0 Å². The van der Waals surface area contributed by atoms with E-state index < -0.39 is 5.41 Å². The molecule has 6 aromatic rings. The first-order valence-corrected chi connectivity index (χ1v) is 13.9. The molecule has 0 fully saturated rings. The molecule has 1 amide bonds. The lowest BCUT2D eigenvalue weighted by Gasteiger charge is -2.32. The molecule has 4 nitrogen and oxygen atoms in total. The van der Waals surface area contributed by atoms with Crippen LogP contribution in [0.2, 0.25) is 0 Å². The standard InChI is InChI=1S/C38H27NO3/c40-35-29(26-14-4-1-5-15-26)20-12-23-32(35)38(33-24-13-21-30(36(33)41)27-16-6-2-7-17-27)31-22-10-11-25-34(31)39(37(38)42)28-18-8-3-9-19-28/h1-25,40-41H. The van der Waals surface area contributed by atoms with Crippen LogP contribution in [-0.4, -0.2) is 16.1 Å². The topological polar surface area (TPSA) is 60.8 Å². The third-order valence-corrected chi connectivity index (χ3v) is 8.14. The third-order valence-electron chi connectivity index (χ3n) is 8.14. The largest absolute Gasteiger partial charge is 0.507 e. The number of para-hydroxylation sites is 4. The minimum atomic E-state index is -1.55. The Morgan fingerprint density at radius 1 is 0.452 bits per heavy atom. The first-order chi connectivity index (χ1) is 20.6. The molecule has 1 aliphatic rings. The van der Waals surface area contributed by atoms with Crippen molar-refractivity contribution < 1.29 is 15.0 Å². The van der Waals surface area contributed by atoms with Crippen molar-refractivity contribution in [2.24, 2.45) is 0 Å². The maximum absolute atomic E-state index is 15.2. The molecule has 2 N–H and O–H groups in total. The quantitative estimate of drug-likeness (QED) is 0.229. The molecule has 7 rings (SSSR count). The van der Waals surface area contributed by atoms with Crippen LogP contribution in [0.3, 0.4) is 0 Å². The van der Waals surface area contributed by atoms with Gasteiger partial charge in [0, 0.05) is 33.5 Å². The van der Waals surface area contributed by atoms with Crippen LogP contribution >= 0.6 is 0 Å². The summed E-state index contributed by atoms with van der Waals surface area (Å²) < 4.78 is 0. The van der Waals surface area contributed by atoms with Gasteiger partial charge in [-0.1, -0.05) is 133 Å². The van der Waals surface area contributed by atoms with E-state index in [-0.39, 0.29) is 17.4 Å². The number of fused-ring (bicyclic) bond motifs is 1. The predicted molar refractivity (Wildman–Crippen MR) is 167 cm³/mol. The molecule has 1 aliphatic heterocycles. The highest BCUT2D eigenvalue weighted by Crippen LogP contribution is 2.57. The van der Waals surface area contributed by atoms with E-state index in [0.717, 1.165) is 11.1 Å². The van der Waals surface area contributed by atoms with Crippen molar-refractivity contribution in [3.8, 4) is 33.8 Å². The Morgan fingerprint density at radius 2 is 0.881 bits per heavy atom. The minimum Gasteiger partial charge on any atom is -0.507 e. The third kappa shape index (κ3) is 3.73. The Bertz CT molecular complexity index is 1830. The molecule has 6 aromatic carbocycles. The van der Waals surface area contributed by atoms with Crippen molar-refractivity contribution in [3.05, 3.63) is 168 Å². The maximum atomic E-state index is 15.2. The number of nitrogens with zero attached hydrogens (tertiary/aromatic N) is 1. The van der Waals surface area contributed by atoms with Gasteiger partial charge >= 0.3 is 0 Å². The van der Waals surface area contributed by atoms with Crippen LogP contribution in [0.25, 0.3) is 22.3 Å². The van der Waals surface area contributed by atoms with E-state index in [9.17, 15) is 10.2 Å². The summed E-state index contributed by atoms with van der Waals surface area (Å²) in [6.45, 7) is 0. The Balaban J connectivity index is 1.59. The normalized spacial score (nSPS) is 13.6. The fourth-order valence-electron chi connectivity index (χ4n) is 6.27. The molecule has 42 heavy (non-hydrogen) atoms. The van der Waals surface area contributed by atoms with Crippen LogP contribution in [0.15, 0.2) is 152 Å². The summed E-state index contributed by atoms with van der Waals surface area (Å²) in [5.41, 5.74) is 4.21.